The summed E-state index contributed by atoms with van der Waals surface area (Å²) < 4.78 is 10.8. The van der Waals surface area contributed by atoms with Crippen LogP contribution < -0.4 is 0 Å². The Bertz CT molecular complexity index is 535. The molecule has 2 aromatic rings. The summed E-state index contributed by atoms with van der Waals surface area (Å²) in [6.07, 6.45) is -0.308. The van der Waals surface area contributed by atoms with Crippen molar-refractivity contribution in [3.63, 3.8) is 0 Å². The zero-order valence-electron chi connectivity index (χ0n) is 7.87. The van der Waals surface area contributed by atoms with E-state index in [1.165, 1.54) is 0 Å². The number of hydrogen-bond acceptors (Lipinski definition) is 2. The minimum Gasteiger partial charge on any atom is -0.324 e. The van der Waals surface area contributed by atoms with E-state index in [2.05, 4.69) is 4.98 Å². The largest absolute Gasteiger partial charge is 0.331 e. The zero-order valence-corrected chi connectivity index (χ0v) is 8.76. The van der Waals surface area contributed by atoms with Crippen LogP contribution in [0.1, 0.15) is 5.69 Å². The minimum atomic E-state index is -4.03. The van der Waals surface area contributed by atoms with Crippen molar-refractivity contribution in [3.05, 3.63) is 42.1 Å². The van der Waals surface area contributed by atoms with Gasteiger partial charge in [-0.05, 0) is 12.1 Å². The van der Waals surface area contributed by atoms with Crippen molar-refractivity contribution in [2.75, 3.05) is 0 Å². The summed E-state index contributed by atoms with van der Waals surface area (Å²) in [4.78, 5) is 21.8. The first-order valence-corrected chi connectivity index (χ1v) is 6.24. The van der Waals surface area contributed by atoms with Crippen LogP contribution in [0.15, 0.2) is 36.4 Å². The molecule has 4 nitrogen and oxygen atoms in total. The third-order valence-corrected chi connectivity index (χ3v) is 2.76. The van der Waals surface area contributed by atoms with Gasteiger partial charge in [0.15, 0.2) is 0 Å². The highest BCUT2D eigenvalue weighted by Gasteiger charge is 2.14. The highest BCUT2D eigenvalue weighted by molar-refractivity contribution is 7.50. The quantitative estimate of drug-likeness (QED) is 0.763. The summed E-state index contributed by atoms with van der Waals surface area (Å²) in [6.45, 7) is 0. The monoisotopic (exact) mass is 223 g/mol. The van der Waals surface area contributed by atoms with Gasteiger partial charge < -0.3 is 9.79 Å². The highest BCUT2D eigenvalue weighted by atomic mass is 31.2. The van der Waals surface area contributed by atoms with Crippen LogP contribution in [0.3, 0.4) is 0 Å². The average Bonchev–Trinajstić information content (AvgIpc) is 2.15. The van der Waals surface area contributed by atoms with Gasteiger partial charge in [-0.15, -0.1) is 0 Å². The Balaban J connectivity index is 2.43. The molecule has 0 radical (unpaired) electrons. The number of benzene rings is 1. The van der Waals surface area contributed by atoms with Crippen molar-refractivity contribution < 1.29 is 14.4 Å². The molecule has 1 aromatic carbocycles. The molecule has 0 fully saturated rings. The molecule has 0 bridgehead atoms. The van der Waals surface area contributed by atoms with E-state index in [1.807, 2.05) is 30.3 Å². The number of pyridine rings is 1. The van der Waals surface area contributed by atoms with E-state index in [1.54, 1.807) is 6.07 Å². The molecule has 5 heteroatoms. The summed E-state index contributed by atoms with van der Waals surface area (Å²) >= 11 is 0. The van der Waals surface area contributed by atoms with Crippen LogP contribution in [-0.4, -0.2) is 14.8 Å². The number of fused-ring (bicyclic) bond motifs is 1. The van der Waals surface area contributed by atoms with Crippen molar-refractivity contribution in [1.82, 2.24) is 4.98 Å². The first kappa shape index (κ1) is 10.3. The Hall–Kier alpha value is -1.22. The number of para-hydroxylation sites is 1. The zero-order chi connectivity index (χ0) is 10.9. The van der Waals surface area contributed by atoms with Gasteiger partial charge in [-0.2, -0.15) is 0 Å². The molecule has 15 heavy (non-hydrogen) atoms. The average molecular weight is 223 g/mol. The lowest BCUT2D eigenvalue weighted by molar-refractivity contribution is 0.371. The molecule has 0 saturated heterocycles. The number of rotatable bonds is 2. The lowest BCUT2D eigenvalue weighted by atomic mass is 10.2. The predicted octanol–water partition coefficient (Wildman–Crippen LogP) is 1.91. The Morgan fingerprint density at radius 1 is 1.13 bits per heavy atom. The predicted molar refractivity (Wildman–Crippen MR) is 57.5 cm³/mol. The van der Waals surface area contributed by atoms with Crippen LogP contribution in [0.4, 0.5) is 0 Å². The fourth-order valence-electron chi connectivity index (χ4n) is 1.41. The molecule has 0 unspecified atom stereocenters. The van der Waals surface area contributed by atoms with Gasteiger partial charge in [-0.1, -0.05) is 24.3 Å². The fraction of sp³-hybridized carbons (Fsp3) is 0.100. The van der Waals surface area contributed by atoms with Crippen LogP contribution in [0, 0.1) is 0 Å². The smallest absolute Gasteiger partial charge is 0.324 e. The summed E-state index contributed by atoms with van der Waals surface area (Å²) in [6, 6.07) is 10.9. The maximum Gasteiger partial charge on any atom is 0.331 e. The molecule has 2 N–H and O–H groups in total. The van der Waals surface area contributed by atoms with E-state index >= 15 is 0 Å². The van der Waals surface area contributed by atoms with E-state index in [9.17, 15) is 4.57 Å². The molecule has 0 saturated carbocycles. The van der Waals surface area contributed by atoms with Gasteiger partial charge in [-0.25, -0.2) is 0 Å². The van der Waals surface area contributed by atoms with E-state index in [-0.39, 0.29) is 6.16 Å². The first-order chi connectivity index (χ1) is 7.04. The normalized spacial score (nSPS) is 11.9. The first-order valence-electron chi connectivity index (χ1n) is 4.44. The van der Waals surface area contributed by atoms with Crippen molar-refractivity contribution in [3.8, 4) is 0 Å². The number of hydrogen-bond donors (Lipinski definition) is 2. The van der Waals surface area contributed by atoms with Crippen LogP contribution >= 0.6 is 7.60 Å². The Kier molecular flexibility index (Phi) is 2.57. The van der Waals surface area contributed by atoms with Crippen LogP contribution in [0.2, 0.25) is 0 Å². The van der Waals surface area contributed by atoms with Crippen molar-refractivity contribution in [2.45, 2.75) is 6.16 Å². The van der Waals surface area contributed by atoms with E-state index < -0.39 is 7.60 Å². The van der Waals surface area contributed by atoms with Crippen LogP contribution in [-0.2, 0) is 10.7 Å². The standard InChI is InChI=1S/C10H10NO3P/c12-15(13,14)7-9-6-5-8-3-1-2-4-10(8)11-9/h1-6H,7H2,(H2,12,13,14). The van der Waals surface area contributed by atoms with Gasteiger partial charge in [0.05, 0.1) is 17.4 Å². The Morgan fingerprint density at radius 3 is 2.60 bits per heavy atom. The summed E-state index contributed by atoms with van der Waals surface area (Å²) in [5.41, 5.74) is 1.17. The minimum absolute atomic E-state index is 0.308. The maximum absolute atomic E-state index is 10.8. The van der Waals surface area contributed by atoms with Gasteiger partial charge in [0, 0.05) is 5.39 Å². The molecular weight excluding hydrogens is 213 g/mol. The second-order valence-corrected chi connectivity index (χ2v) is 4.96. The van der Waals surface area contributed by atoms with E-state index in [4.69, 9.17) is 9.79 Å². The molecule has 0 spiro atoms. The van der Waals surface area contributed by atoms with Crippen LogP contribution in [0.5, 0.6) is 0 Å². The van der Waals surface area contributed by atoms with Gasteiger partial charge >= 0.3 is 7.60 Å². The van der Waals surface area contributed by atoms with Crippen molar-refractivity contribution in [1.29, 1.82) is 0 Å². The highest BCUT2D eigenvalue weighted by Crippen LogP contribution is 2.38. The van der Waals surface area contributed by atoms with E-state index in [0.29, 0.717) is 5.69 Å². The van der Waals surface area contributed by atoms with Gasteiger partial charge in [-0.3, -0.25) is 9.55 Å². The molecular formula is C10H10NO3P. The summed E-state index contributed by atoms with van der Waals surface area (Å²) in [7, 11) is -4.03. The lowest BCUT2D eigenvalue weighted by Crippen LogP contribution is -1.91. The van der Waals surface area contributed by atoms with Crippen molar-refractivity contribution >= 4 is 18.5 Å². The Labute approximate surface area is 86.7 Å². The van der Waals surface area contributed by atoms with Crippen LogP contribution in [0.25, 0.3) is 10.9 Å². The molecule has 0 amide bonds. The van der Waals surface area contributed by atoms with Crippen molar-refractivity contribution in [2.24, 2.45) is 0 Å². The molecule has 0 aliphatic carbocycles. The van der Waals surface area contributed by atoms with Gasteiger partial charge in [0.1, 0.15) is 0 Å². The second-order valence-electron chi connectivity index (χ2n) is 3.32. The fourth-order valence-corrected chi connectivity index (χ4v) is 2.01. The molecule has 0 aliphatic heterocycles. The summed E-state index contributed by atoms with van der Waals surface area (Å²) in [5.74, 6) is 0. The van der Waals surface area contributed by atoms with E-state index in [0.717, 1.165) is 10.9 Å². The number of aromatic nitrogens is 1. The third-order valence-electron chi connectivity index (χ3n) is 2.02. The molecule has 1 aromatic heterocycles. The van der Waals surface area contributed by atoms with Gasteiger partial charge in [0.25, 0.3) is 0 Å². The molecule has 1 heterocycles. The summed E-state index contributed by atoms with van der Waals surface area (Å²) in [5, 5.41) is 0.965. The molecule has 78 valence electrons. The topological polar surface area (TPSA) is 70.4 Å². The van der Waals surface area contributed by atoms with Gasteiger partial charge in [0.2, 0.25) is 0 Å². The SMILES string of the molecule is O=P(O)(O)Cc1ccc2ccccc2n1. The molecule has 2 rings (SSSR count). The molecule has 0 atom stereocenters. The maximum atomic E-state index is 10.8. The third kappa shape index (κ3) is 2.63. The lowest BCUT2D eigenvalue weighted by Gasteiger charge is -2.04. The molecule has 0 aliphatic rings. The second kappa shape index (κ2) is 3.74. The Morgan fingerprint density at radius 2 is 1.87 bits per heavy atom. The number of nitrogens with zero attached hydrogens (tertiary/aromatic N) is 1.